The number of nitrogens with zero attached hydrogens (tertiary/aromatic N) is 4. The molecule has 1 saturated heterocycles. The van der Waals surface area contributed by atoms with Gasteiger partial charge in [-0.1, -0.05) is 30.4 Å². The zero-order valence-corrected chi connectivity index (χ0v) is 20.4. The Balaban J connectivity index is 0.00000289. The quantitative estimate of drug-likeness (QED) is 0.631. The number of aliphatic hydroxyl groups excluding tert-OH is 1. The van der Waals surface area contributed by atoms with E-state index >= 15 is 0 Å². The third kappa shape index (κ3) is 5.42. The van der Waals surface area contributed by atoms with Crippen LogP contribution in [0.5, 0.6) is 0 Å². The number of hydrogen-bond acceptors (Lipinski definition) is 6. The van der Waals surface area contributed by atoms with Crippen molar-refractivity contribution in [1.82, 2.24) is 9.88 Å². The van der Waals surface area contributed by atoms with Crippen molar-refractivity contribution in [2.24, 2.45) is 0 Å². The van der Waals surface area contributed by atoms with Crippen LogP contribution in [0.15, 0.2) is 72.6 Å². The van der Waals surface area contributed by atoms with Crippen molar-refractivity contribution in [3.05, 3.63) is 83.7 Å². The van der Waals surface area contributed by atoms with Gasteiger partial charge in [0.05, 0.1) is 6.10 Å². The predicted octanol–water partition coefficient (Wildman–Crippen LogP) is 3.82. The van der Waals surface area contributed by atoms with Crippen molar-refractivity contribution >= 4 is 35.5 Å². The van der Waals surface area contributed by atoms with Crippen molar-refractivity contribution < 1.29 is 15.0 Å². The van der Waals surface area contributed by atoms with E-state index in [4.69, 9.17) is 0 Å². The Bertz CT molecular complexity index is 1150. The van der Waals surface area contributed by atoms with Gasteiger partial charge >= 0.3 is 5.97 Å². The van der Waals surface area contributed by atoms with E-state index in [0.717, 1.165) is 31.6 Å². The minimum atomic E-state index is -0.960. The maximum atomic E-state index is 11.5. The number of carboxylic acids is 1. The summed E-state index contributed by atoms with van der Waals surface area (Å²) in [6.45, 7) is 3.95. The summed E-state index contributed by atoms with van der Waals surface area (Å²) in [5, 5.41) is 20.4. The largest absolute Gasteiger partial charge is 0.478 e. The molecule has 2 N–H and O–H groups in total. The molecule has 3 aliphatic rings. The second kappa shape index (κ2) is 11.1. The van der Waals surface area contributed by atoms with Gasteiger partial charge in [0.1, 0.15) is 11.4 Å². The maximum absolute atomic E-state index is 11.5. The molecule has 1 fully saturated rings. The van der Waals surface area contributed by atoms with Gasteiger partial charge in [-0.2, -0.15) is 0 Å². The average Bonchev–Trinajstić information content (AvgIpc) is 3.02. The summed E-state index contributed by atoms with van der Waals surface area (Å²) >= 11 is 0. The van der Waals surface area contributed by atoms with E-state index in [1.807, 2.05) is 4.90 Å². The number of β-amino-alcohol motifs (C(OH)–C–C–N with tert-alkyl or cyclic N) is 1. The molecule has 7 nitrogen and oxygen atoms in total. The molecule has 0 amide bonds. The van der Waals surface area contributed by atoms with Crippen molar-refractivity contribution in [2.45, 2.75) is 18.9 Å². The van der Waals surface area contributed by atoms with E-state index in [-0.39, 0.29) is 18.0 Å². The molecule has 1 aromatic heterocycles. The minimum Gasteiger partial charge on any atom is -0.478 e. The highest BCUT2D eigenvalue weighted by atomic mass is 35.5. The highest BCUT2D eigenvalue weighted by molar-refractivity contribution is 5.93. The molecular weight excluding hydrogens is 464 g/mol. The Morgan fingerprint density at radius 2 is 1.83 bits per heavy atom. The highest BCUT2D eigenvalue weighted by Gasteiger charge is 2.25. The summed E-state index contributed by atoms with van der Waals surface area (Å²) < 4.78 is 0. The number of piperazine rings is 1. The predicted molar refractivity (Wildman–Crippen MR) is 141 cm³/mol. The number of halogens is 1. The fraction of sp³-hybridized carbons (Fsp3) is 0.333. The van der Waals surface area contributed by atoms with Gasteiger partial charge < -0.3 is 20.0 Å². The minimum absolute atomic E-state index is 0. The first-order chi connectivity index (χ1) is 16.6. The van der Waals surface area contributed by atoms with Gasteiger partial charge in [-0.05, 0) is 48.3 Å². The zero-order valence-electron chi connectivity index (χ0n) is 19.6. The van der Waals surface area contributed by atoms with E-state index in [1.165, 1.54) is 16.7 Å². The molecule has 1 aromatic carbocycles. The topological polar surface area (TPSA) is 80.1 Å². The lowest BCUT2D eigenvalue weighted by Crippen LogP contribution is -2.50. The molecule has 184 valence electrons. The van der Waals surface area contributed by atoms with Crippen LogP contribution < -0.4 is 9.80 Å². The summed E-state index contributed by atoms with van der Waals surface area (Å²) in [4.78, 5) is 22.3. The lowest BCUT2D eigenvalue weighted by atomic mass is 9.91. The number of anilines is 2. The van der Waals surface area contributed by atoms with Gasteiger partial charge in [0.25, 0.3) is 0 Å². The molecule has 3 heterocycles. The van der Waals surface area contributed by atoms with E-state index in [1.54, 1.807) is 18.3 Å². The number of aromatic carboxylic acids is 1. The van der Waals surface area contributed by atoms with Gasteiger partial charge in [0.15, 0.2) is 0 Å². The lowest BCUT2D eigenvalue weighted by molar-refractivity contribution is 0.0697. The monoisotopic (exact) mass is 494 g/mol. The number of allylic oxidation sites excluding steroid dienone is 5. The number of hydrogen-bond donors (Lipinski definition) is 2. The van der Waals surface area contributed by atoms with Crippen molar-refractivity contribution in [2.75, 3.05) is 49.1 Å². The van der Waals surface area contributed by atoms with Crippen LogP contribution in [0.25, 0.3) is 5.57 Å². The molecular formula is C27H31ClN4O3. The number of benzene rings is 1. The first-order valence-electron chi connectivity index (χ1n) is 11.9. The van der Waals surface area contributed by atoms with Crippen LogP contribution in [-0.2, 0) is 0 Å². The van der Waals surface area contributed by atoms with E-state index in [2.05, 4.69) is 63.5 Å². The van der Waals surface area contributed by atoms with E-state index < -0.39 is 12.1 Å². The smallest absolute Gasteiger partial charge is 0.339 e. The Hall–Kier alpha value is -3.13. The fourth-order valence-corrected chi connectivity index (χ4v) is 5.06. The van der Waals surface area contributed by atoms with Gasteiger partial charge in [0, 0.05) is 62.9 Å². The van der Waals surface area contributed by atoms with Gasteiger partial charge in [-0.25, -0.2) is 9.78 Å². The first kappa shape index (κ1) is 25.0. The maximum Gasteiger partial charge on any atom is 0.339 e. The second-order valence-corrected chi connectivity index (χ2v) is 8.98. The Morgan fingerprint density at radius 3 is 2.63 bits per heavy atom. The summed E-state index contributed by atoms with van der Waals surface area (Å²) in [5.74, 6) is -0.439. The molecule has 2 aromatic rings. The van der Waals surface area contributed by atoms with Crippen LogP contribution in [0, 0.1) is 0 Å². The Labute approximate surface area is 212 Å². The SMILES string of the molecule is Cl.O=C(O)c1cccnc1N1CCN(CC(O)CN2C=CC3=C(CCC=C3)c3ccccc32)CC1. The second-order valence-electron chi connectivity index (χ2n) is 8.98. The Morgan fingerprint density at radius 1 is 1.03 bits per heavy atom. The van der Waals surface area contributed by atoms with Crippen LogP contribution in [0.1, 0.15) is 28.8 Å². The number of carboxylic acid groups (broad SMARTS) is 1. The third-order valence-corrected chi connectivity index (χ3v) is 6.74. The number of carbonyl (C=O) groups is 1. The van der Waals surface area contributed by atoms with Crippen LogP contribution in [0.2, 0.25) is 0 Å². The highest BCUT2D eigenvalue weighted by Crippen LogP contribution is 2.37. The van der Waals surface area contributed by atoms with Gasteiger partial charge in [0.2, 0.25) is 0 Å². The third-order valence-electron chi connectivity index (χ3n) is 6.74. The van der Waals surface area contributed by atoms with Gasteiger partial charge in [-0.3, -0.25) is 4.90 Å². The van der Waals surface area contributed by atoms with Crippen LogP contribution in [0.3, 0.4) is 0 Å². The van der Waals surface area contributed by atoms with Crippen molar-refractivity contribution in [3.63, 3.8) is 0 Å². The number of rotatable bonds is 6. The zero-order chi connectivity index (χ0) is 23.5. The lowest BCUT2D eigenvalue weighted by Gasteiger charge is -2.37. The van der Waals surface area contributed by atoms with Crippen LogP contribution in [0.4, 0.5) is 11.5 Å². The standard InChI is InChI=1S/C27H30N4O3.ClH/c32-21(18-29-14-16-30(17-15-29)26-24(27(33)34)9-5-12-28-26)19-31-13-11-20-6-1-2-7-22(20)23-8-3-4-10-25(23)31;/h1,3-6,8-13,21,32H,2,7,14-19H2,(H,33,34);1H. The average molecular weight is 495 g/mol. The number of fused-ring (bicyclic) bond motifs is 2. The summed E-state index contributed by atoms with van der Waals surface area (Å²) in [5.41, 5.74) is 5.24. The molecule has 8 heteroatoms. The van der Waals surface area contributed by atoms with E-state index in [9.17, 15) is 15.0 Å². The molecule has 1 aliphatic carbocycles. The van der Waals surface area contributed by atoms with Crippen LogP contribution in [-0.4, -0.2) is 71.4 Å². The molecule has 2 aliphatic heterocycles. The molecule has 35 heavy (non-hydrogen) atoms. The normalized spacial score (nSPS) is 18.4. The molecule has 0 saturated carbocycles. The van der Waals surface area contributed by atoms with Crippen molar-refractivity contribution in [3.8, 4) is 0 Å². The summed E-state index contributed by atoms with van der Waals surface area (Å²) in [7, 11) is 0. The van der Waals surface area contributed by atoms with Crippen LogP contribution >= 0.6 is 12.4 Å². The number of para-hydroxylation sites is 1. The first-order valence-corrected chi connectivity index (χ1v) is 11.9. The van der Waals surface area contributed by atoms with Gasteiger partial charge in [-0.15, -0.1) is 12.4 Å². The number of aromatic nitrogens is 1. The van der Waals surface area contributed by atoms with Crippen molar-refractivity contribution in [1.29, 1.82) is 0 Å². The molecule has 0 bridgehead atoms. The molecule has 1 atom stereocenters. The molecule has 0 spiro atoms. The molecule has 5 rings (SSSR count). The fourth-order valence-electron chi connectivity index (χ4n) is 5.06. The number of pyridine rings is 1. The number of aliphatic hydroxyl groups is 1. The summed E-state index contributed by atoms with van der Waals surface area (Å²) in [6, 6.07) is 11.7. The molecule has 0 radical (unpaired) electrons. The molecule has 1 unspecified atom stereocenters. The summed E-state index contributed by atoms with van der Waals surface area (Å²) in [6.07, 6.45) is 11.9. The Kier molecular flexibility index (Phi) is 7.90. The van der Waals surface area contributed by atoms with E-state index in [0.29, 0.717) is 32.0 Å².